The number of rotatable bonds is 8. The molecule has 0 aliphatic carbocycles. The van der Waals surface area contributed by atoms with Crippen LogP contribution >= 0.6 is 7.82 Å². The van der Waals surface area contributed by atoms with Crippen LogP contribution in [-0.2, 0) is 23.1 Å². The second-order valence-corrected chi connectivity index (χ2v) is 9.92. The van der Waals surface area contributed by atoms with Crippen LogP contribution in [0.1, 0.15) is 18.7 Å². The molecule has 0 aromatic carbocycles. The summed E-state index contributed by atoms with van der Waals surface area (Å²) < 4.78 is 37.3. The fourth-order valence-electron chi connectivity index (χ4n) is 4.34. The van der Waals surface area contributed by atoms with Crippen molar-refractivity contribution in [1.82, 2.24) is 29.1 Å². The van der Waals surface area contributed by atoms with Gasteiger partial charge in [0.05, 0.1) is 38.3 Å². The van der Waals surface area contributed by atoms with Gasteiger partial charge in [-0.2, -0.15) is 4.98 Å². The molecule has 7 N–H and O–H groups in total. The van der Waals surface area contributed by atoms with Crippen LogP contribution in [-0.4, -0.2) is 88.4 Å². The fourth-order valence-corrected chi connectivity index (χ4v) is 5.32. The number of aromatic nitrogens is 6. The minimum absolute atomic E-state index is 0.0138. The van der Waals surface area contributed by atoms with E-state index in [9.17, 15) is 24.5 Å². The maximum Gasteiger partial charge on any atom is 0.472 e. The molecule has 5 rings (SSSR count). The van der Waals surface area contributed by atoms with E-state index in [1.807, 2.05) is 0 Å². The Morgan fingerprint density at radius 2 is 2.03 bits per heavy atom. The zero-order valence-corrected chi connectivity index (χ0v) is 20.1. The lowest BCUT2D eigenvalue weighted by molar-refractivity contribution is -0.0519. The number of ether oxygens (including phenoxy) is 2. The molecule has 37 heavy (non-hydrogen) atoms. The highest BCUT2D eigenvalue weighted by Gasteiger charge is 2.45. The molecule has 0 bridgehead atoms. The zero-order valence-electron chi connectivity index (χ0n) is 19.2. The first-order valence-electron chi connectivity index (χ1n) is 11.2. The summed E-state index contributed by atoms with van der Waals surface area (Å²) in [5, 5.41) is 20.1. The first kappa shape index (κ1) is 25.6. The number of anilines is 2. The molecule has 0 radical (unpaired) electrons. The standard InChI is InChI=1S/C19H25N8O9P/c20-13-1-2-26(19(30)25-13)14-3-10(29)12(35-14)6-34-37(31,32)36-16-9(5-33-11(16)4-28)27-8-24-15-17(21)22-7-23-18(15)27/h1-2,7-12,14,16,28-29H,3-6H2,(H,31,32)(H2,20,25,30)(H2,21,22,23). The Balaban J connectivity index is 1.27. The lowest BCUT2D eigenvalue weighted by atomic mass is 10.1. The third kappa shape index (κ3) is 5.07. The van der Waals surface area contributed by atoms with Crippen molar-refractivity contribution in [2.24, 2.45) is 0 Å². The molecule has 200 valence electrons. The fraction of sp³-hybridized carbons (Fsp3) is 0.526. The normalized spacial score (nSPS) is 29.6. The third-order valence-corrected chi connectivity index (χ3v) is 7.16. The second-order valence-electron chi connectivity index (χ2n) is 8.51. The number of phosphoric ester groups is 1. The van der Waals surface area contributed by atoms with Gasteiger partial charge in [-0.05, 0) is 6.07 Å². The summed E-state index contributed by atoms with van der Waals surface area (Å²) in [6, 6.07) is 0.696. The van der Waals surface area contributed by atoms with Crippen LogP contribution in [0, 0.1) is 0 Å². The summed E-state index contributed by atoms with van der Waals surface area (Å²) in [6.45, 7) is -1.01. The first-order chi connectivity index (χ1) is 17.7. The second kappa shape index (κ2) is 10.0. The molecule has 2 aliphatic rings. The highest BCUT2D eigenvalue weighted by atomic mass is 31.2. The van der Waals surface area contributed by atoms with Crippen LogP contribution in [0.4, 0.5) is 11.6 Å². The molecule has 3 aromatic rings. The Morgan fingerprint density at radius 3 is 2.78 bits per heavy atom. The van der Waals surface area contributed by atoms with Gasteiger partial charge in [-0.25, -0.2) is 24.3 Å². The third-order valence-electron chi connectivity index (χ3n) is 6.17. The number of nitrogens with zero attached hydrogens (tertiary/aromatic N) is 6. The van der Waals surface area contributed by atoms with Gasteiger partial charge in [-0.15, -0.1) is 0 Å². The van der Waals surface area contributed by atoms with Gasteiger partial charge in [0.25, 0.3) is 0 Å². The lowest BCUT2D eigenvalue weighted by Crippen LogP contribution is -2.34. The molecule has 18 heteroatoms. The van der Waals surface area contributed by atoms with E-state index in [1.165, 1.54) is 24.9 Å². The number of nitrogens with two attached hydrogens (primary N) is 2. The van der Waals surface area contributed by atoms with E-state index in [0.29, 0.717) is 11.2 Å². The van der Waals surface area contributed by atoms with E-state index < -0.39 is 63.4 Å². The number of phosphoric acid groups is 1. The van der Waals surface area contributed by atoms with Crippen LogP contribution in [0.3, 0.4) is 0 Å². The van der Waals surface area contributed by atoms with E-state index in [2.05, 4.69) is 19.9 Å². The van der Waals surface area contributed by atoms with Crippen molar-refractivity contribution in [3.8, 4) is 0 Å². The summed E-state index contributed by atoms with van der Waals surface area (Å²) in [7, 11) is -4.76. The molecule has 3 aromatic heterocycles. The Kier molecular flexibility index (Phi) is 6.95. The number of imidazole rings is 1. The molecular weight excluding hydrogens is 515 g/mol. The van der Waals surface area contributed by atoms with Gasteiger partial charge in [0.1, 0.15) is 42.2 Å². The van der Waals surface area contributed by atoms with Gasteiger partial charge >= 0.3 is 13.5 Å². The summed E-state index contributed by atoms with van der Waals surface area (Å²) in [5.41, 5.74) is 11.3. The topological polar surface area (TPSA) is 245 Å². The maximum atomic E-state index is 12.9. The highest BCUT2D eigenvalue weighted by Crippen LogP contribution is 2.49. The number of nitrogen functional groups attached to an aromatic ring is 2. The Hall–Kier alpha value is -3.02. The Morgan fingerprint density at radius 1 is 1.22 bits per heavy atom. The van der Waals surface area contributed by atoms with Crippen molar-refractivity contribution in [1.29, 1.82) is 0 Å². The predicted molar refractivity (Wildman–Crippen MR) is 124 cm³/mol. The molecule has 2 saturated heterocycles. The molecular formula is C19H25N8O9P. The number of fused-ring (bicyclic) bond motifs is 1. The van der Waals surface area contributed by atoms with Crippen molar-refractivity contribution in [3.63, 3.8) is 0 Å². The molecule has 7 atom stereocenters. The zero-order chi connectivity index (χ0) is 26.3. The largest absolute Gasteiger partial charge is 0.472 e. The van der Waals surface area contributed by atoms with E-state index in [4.69, 9.17) is 30.0 Å². The number of hydrogen-bond donors (Lipinski definition) is 5. The van der Waals surface area contributed by atoms with Crippen molar-refractivity contribution >= 4 is 30.6 Å². The molecule has 7 unspecified atom stereocenters. The average Bonchev–Trinajstić information content (AvgIpc) is 3.54. The highest BCUT2D eigenvalue weighted by molar-refractivity contribution is 7.47. The predicted octanol–water partition coefficient (Wildman–Crippen LogP) is -1.67. The van der Waals surface area contributed by atoms with Crippen LogP contribution in [0.25, 0.3) is 11.2 Å². The van der Waals surface area contributed by atoms with Gasteiger partial charge in [-0.1, -0.05) is 0 Å². The number of aliphatic hydroxyl groups is 2. The van der Waals surface area contributed by atoms with E-state index in [1.54, 1.807) is 4.57 Å². The van der Waals surface area contributed by atoms with Crippen molar-refractivity contribution < 1.29 is 38.2 Å². The van der Waals surface area contributed by atoms with Gasteiger partial charge in [0.15, 0.2) is 11.5 Å². The summed E-state index contributed by atoms with van der Waals surface area (Å²) in [4.78, 5) is 38.3. The van der Waals surface area contributed by atoms with Crippen molar-refractivity contribution in [2.75, 3.05) is 31.3 Å². The number of aliphatic hydroxyl groups excluding tert-OH is 2. The molecule has 0 amide bonds. The Bertz CT molecular complexity index is 1390. The summed E-state index contributed by atoms with van der Waals surface area (Å²) in [6.07, 6.45) is -1.05. The van der Waals surface area contributed by atoms with Crippen LogP contribution in [0.5, 0.6) is 0 Å². The SMILES string of the molecule is Nc1ccn(C2CC(O)C(COP(=O)(O)OC3C(CO)OCC3n3cnc4c(N)ncnc43)O2)c(=O)n1. The monoisotopic (exact) mass is 540 g/mol. The van der Waals surface area contributed by atoms with E-state index in [-0.39, 0.29) is 24.7 Å². The van der Waals surface area contributed by atoms with Crippen LogP contribution < -0.4 is 17.2 Å². The number of hydrogen-bond acceptors (Lipinski definition) is 14. The van der Waals surface area contributed by atoms with Gasteiger partial charge in [0, 0.05) is 12.6 Å². The van der Waals surface area contributed by atoms with Crippen LogP contribution in [0.2, 0.25) is 0 Å². The first-order valence-corrected chi connectivity index (χ1v) is 12.7. The molecule has 5 heterocycles. The van der Waals surface area contributed by atoms with Gasteiger partial charge in [-0.3, -0.25) is 13.6 Å². The summed E-state index contributed by atoms with van der Waals surface area (Å²) in [5.74, 6) is 0.188. The molecule has 17 nitrogen and oxygen atoms in total. The van der Waals surface area contributed by atoms with E-state index in [0.717, 1.165) is 4.57 Å². The molecule has 0 saturated carbocycles. The summed E-state index contributed by atoms with van der Waals surface area (Å²) >= 11 is 0. The minimum Gasteiger partial charge on any atom is -0.394 e. The molecule has 2 fully saturated rings. The van der Waals surface area contributed by atoms with Crippen molar-refractivity contribution in [3.05, 3.63) is 35.4 Å². The van der Waals surface area contributed by atoms with Gasteiger partial charge < -0.3 is 40.6 Å². The minimum atomic E-state index is -4.76. The quantitative estimate of drug-likeness (QED) is 0.200. The van der Waals surface area contributed by atoms with Crippen molar-refractivity contribution in [2.45, 2.75) is 43.1 Å². The van der Waals surface area contributed by atoms with Gasteiger partial charge in [0.2, 0.25) is 0 Å². The van der Waals surface area contributed by atoms with Crippen LogP contribution in [0.15, 0.2) is 29.7 Å². The lowest BCUT2D eigenvalue weighted by Gasteiger charge is -2.26. The van der Waals surface area contributed by atoms with E-state index >= 15 is 0 Å². The smallest absolute Gasteiger partial charge is 0.394 e. The Labute approximate surface area is 208 Å². The average molecular weight is 540 g/mol. The molecule has 0 spiro atoms. The maximum absolute atomic E-state index is 12.9. The molecule has 2 aliphatic heterocycles.